The second-order valence-corrected chi connectivity index (χ2v) is 7.17. The van der Waals surface area contributed by atoms with E-state index in [4.69, 9.17) is 0 Å². The van der Waals surface area contributed by atoms with Crippen LogP contribution in [-0.2, 0) is 4.79 Å². The summed E-state index contributed by atoms with van der Waals surface area (Å²) in [5.74, 6) is -0.0613. The zero-order valence-corrected chi connectivity index (χ0v) is 16.1. The van der Waals surface area contributed by atoms with Crippen molar-refractivity contribution in [3.05, 3.63) is 84.7 Å². The Morgan fingerprint density at radius 3 is 2.38 bits per heavy atom. The van der Waals surface area contributed by atoms with Crippen molar-refractivity contribution in [1.29, 1.82) is 0 Å². The van der Waals surface area contributed by atoms with Crippen molar-refractivity contribution in [3.8, 4) is 22.5 Å². The molecule has 7 heteroatoms. The molecule has 1 aromatic heterocycles. The average Bonchev–Trinajstić information content (AvgIpc) is 3.23. The fraction of sp³-hybridized carbons (Fsp3) is 0.0455. The minimum atomic E-state index is -0.378. The van der Waals surface area contributed by atoms with Crippen molar-refractivity contribution in [1.82, 2.24) is 15.2 Å². The molecule has 4 aromatic rings. The highest BCUT2D eigenvalue weighted by molar-refractivity contribution is 7.99. The van der Waals surface area contributed by atoms with Crippen LogP contribution in [0.15, 0.2) is 84.0 Å². The van der Waals surface area contributed by atoms with Crippen LogP contribution in [0, 0.1) is 5.82 Å². The van der Waals surface area contributed by atoms with Crippen molar-refractivity contribution in [2.45, 2.75) is 5.16 Å². The van der Waals surface area contributed by atoms with Crippen LogP contribution >= 0.6 is 11.8 Å². The van der Waals surface area contributed by atoms with E-state index in [1.54, 1.807) is 18.2 Å². The van der Waals surface area contributed by atoms with Crippen LogP contribution in [0.1, 0.15) is 0 Å². The van der Waals surface area contributed by atoms with Crippen LogP contribution in [0.5, 0.6) is 0 Å². The van der Waals surface area contributed by atoms with Gasteiger partial charge in [-0.2, -0.15) is 0 Å². The zero-order valence-electron chi connectivity index (χ0n) is 15.3. The first-order valence-electron chi connectivity index (χ1n) is 8.94. The van der Waals surface area contributed by atoms with Gasteiger partial charge >= 0.3 is 0 Å². The number of hydrogen-bond donors (Lipinski definition) is 2. The van der Waals surface area contributed by atoms with Crippen LogP contribution in [-0.4, -0.2) is 26.8 Å². The molecule has 29 heavy (non-hydrogen) atoms. The fourth-order valence-corrected chi connectivity index (χ4v) is 3.39. The molecule has 1 heterocycles. The highest BCUT2D eigenvalue weighted by atomic mass is 32.2. The highest BCUT2D eigenvalue weighted by Crippen LogP contribution is 2.23. The number of nitrogens with zero attached hydrogens (tertiary/aromatic N) is 2. The molecule has 0 aliphatic carbocycles. The summed E-state index contributed by atoms with van der Waals surface area (Å²) in [6.07, 6.45) is 0. The highest BCUT2D eigenvalue weighted by Gasteiger charge is 2.12. The Hall–Kier alpha value is -3.45. The third-order valence-corrected chi connectivity index (χ3v) is 5.05. The van der Waals surface area contributed by atoms with E-state index in [1.165, 1.54) is 17.8 Å². The molecule has 0 fully saturated rings. The van der Waals surface area contributed by atoms with Gasteiger partial charge < -0.3 is 5.32 Å². The number of benzene rings is 3. The first-order valence-corrected chi connectivity index (χ1v) is 9.93. The summed E-state index contributed by atoms with van der Waals surface area (Å²) >= 11 is 1.18. The molecule has 144 valence electrons. The van der Waals surface area contributed by atoms with E-state index in [-0.39, 0.29) is 17.5 Å². The minimum absolute atomic E-state index is 0.148. The van der Waals surface area contributed by atoms with Gasteiger partial charge in [0.2, 0.25) is 11.1 Å². The Bertz CT molecular complexity index is 1110. The maximum atomic E-state index is 13.8. The third-order valence-electron chi connectivity index (χ3n) is 4.20. The molecule has 0 radical (unpaired) electrons. The largest absolute Gasteiger partial charge is 0.325 e. The van der Waals surface area contributed by atoms with Crippen LogP contribution in [0.4, 0.5) is 10.1 Å². The monoisotopic (exact) mass is 404 g/mol. The van der Waals surface area contributed by atoms with Gasteiger partial charge in [-0.25, -0.2) is 9.37 Å². The fourth-order valence-electron chi connectivity index (χ4n) is 2.79. The number of aromatic amines is 1. The van der Waals surface area contributed by atoms with Gasteiger partial charge in [-0.05, 0) is 35.4 Å². The van der Waals surface area contributed by atoms with E-state index in [9.17, 15) is 9.18 Å². The SMILES string of the molecule is O=C(CSc1n[nH]c(-c2ccccc2F)n1)Nc1ccc(-c2ccccc2)cc1. The Balaban J connectivity index is 1.33. The van der Waals surface area contributed by atoms with E-state index >= 15 is 0 Å². The standard InChI is InChI=1S/C22H17FN4OS/c23-19-9-5-4-8-18(19)21-25-22(27-26-21)29-14-20(28)24-17-12-10-16(11-13-17)15-6-2-1-3-7-15/h1-13H,14H2,(H,24,28)(H,25,26,27). The molecule has 0 saturated heterocycles. The van der Waals surface area contributed by atoms with Crippen LogP contribution < -0.4 is 5.32 Å². The predicted molar refractivity (Wildman–Crippen MR) is 113 cm³/mol. The van der Waals surface area contributed by atoms with Gasteiger partial charge in [0.1, 0.15) is 5.82 Å². The predicted octanol–water partition coefficient (Wildman–Crippen LogP) is 5.01. The molecular formula is C22H17FN4OS. The van der Waals surface area contributed by atoms with E-state index in [2.05, 4.69) is 20.5 Å². The van der Waals surface area contributed by atoms with Crippen molar-refractivity contribution in [2.24, 2.45) is 0 Å². The second kappa shape index (κ2) is 8.70. The van der Waals surface area contributed by atoms with E-state index < -0.39 is 0 Å². The number of carbonyl (C=O) groups excluding carboxylic acids is 1. The van der Waals surface area contributed by atoms with Gasteiger partial charge in [-0.1, -0.05) is 66.4 Å². The van der Waals surface area contributed by atoms with Crippen molar-refractivity contribution < 1.29 is 9.18 Å². The number of hydrogen-bond acceptors (Lipinski definition) is 4. The Morgan fingerprint density at radius 2 is 1.62 bits per heavy atom. The summed E-state index contributed by atoms with van der Waals surface area (Å²) in [6, 6.07) is 24.0. The van der Waals surface area contributed by atoms with Crippen molar-refractivity contribution in [2.75, 3.05) is 11.1 Å². The van der Waals surface area contributed by atoms with Gasteiger partial charge in [-0.3, -0.25) is 9.89 Å². The molecule has 0 aliphatic heterocycles. The van der Waals surface area contributed by atoms with Crippen molar-refractivity contribution in [3.63, 3.8) is 0 Å². The number of carbonyl (C=O) groups is 1. The van der Waals surface area contributed by atoms with Crippen molar-refractivity contribution >= 4 is 23.4 Å². The summed E-state index contributed by atoms with van der Waals surface area (Å²) < 4.78 is 13.8. The molecule has 0 spiro atoms. The van der Waals surface area contributed by atoms with Crippen LogP contribution in [0.25, 0.3) is 22.5 Å². The molecule has 1 amide bonds. The van der Waals surface area contributed by atoms with Crippen LogP contribution in [0.3, 0.4) is 0 Å². The molecule has 5 nitrogen and oxygen atoms in total. The quantitative estimate of drug-likeness (QED) is 0.443. The lowest BCUT2D eigenvalue weighted by Crippen LogP contribution is -2.14. The lowest BCUT2D eigenvalue weighted by molar-refractivity contribution is -0.113. The smallest absolute Gasteiger partial charge is 0.234 e. The molecule has 0 aliphatic rings. The second-order valence-electron chi connectivity index (χ2n) is 6.23. The number of anilines is 1. The average molecular weight is 404 g/mol. The summed E-state index contributed by atoms with van der Waals surface area (Å²) in [4.78, 5) is 16.5. The number of amides is 1. The van der Waals surface area contributed by atoms with Gasteiger partial charge in [0, 0.05) is 5.69 Å². The molecule has 4 rings (SSSR count). The van der Waals surface area contributed by atoms with E-state index in [0.29, 0.717) is 16.5 Å². The lowest BCUT2D eigenvalue weighted by atomic mass is 10.1. The third kappa shape index (κ3) is 4.70. The normalized spacial score (nSPS) is 10.7. The zero-order chi connectivity index (χ0) is 20.1. The molecule has 0 saturated carbocycles. The first kappa shape index (κ1) is 18.9. The molecule has 0 unspecified atom stereocenters. The summed E-state index contributed by atoms with van der Waals surface area (Å²) in [6.45, 7) is 0. The molecule has 3 aromatic carbocycles. The van der Waals surface area contributed by atoms with Gasteiger partial charge in [0.05, 0.1) is 11.3 Å². The summed E-state index contributed by atoms with van der Waals surface area (Å²) in [5.41, 5.74) is 3.27. The number of halogens is 1. The molecular weight excluding hydrogens is 387 g/mol. The number of aromatic nitrogens is 3. The van der Waals surface area contributed by atoms with Crippen LogP contribution in [0.2, 0.25) is 0 Å². The van der Waals surface area contributed by atoms with Gasteiger partial charge in [0.15, 0.2) is 5.82 Å². The Kier molecular flexibility index (Phi) is 5.67. The Labute approximate surface area is 171 Å². The van der Waals surface area contributed by atoms with E-state index in [0.717, 1.165) is 16.8 Å². The molecule has 0 bridgehead atoms. The Morgan fingerprint density at radius 1 is 0.931 bits per heavy atom. The number of rotatable bonds is 6. The van der Waals surface area contributed by atoms with Gasteiger partial charge in [-0.15, -0.1) is 5.10 Å². The van der Waals surface area contributed by atoms with E-state index in [1.807, 2.05) is 54.6 Å². The lowest BCUT2D eigenvalue weighted by Gasteiger charge is -2.06. The topological polar surface area (TPSA) is 70.7 Å². The minimum Gasteiger partial charge on any atom is -0.325 e. The van der Waals surface area contributed by atoms with Gasteiger partial charge in [0.25, 0.3) is 0 Å². The number of nitrogens with one attached hydrogen (secondary N) is 2. The molecule has 0 atom stereocenters. The number of H-pyrrole nitrogens is 1. The molecule has 2 N–H and O–H groups in total. The number of thioether (sulfide) groups is 1. The summed E-state index contributed by atoms with van der Waals surface area (Å²) in [5, 5.41) is 9.98. The maximum Gasteiger partial charge on any atom is 0.234 e. The summed E-state index contributed by atoms with van der Waals surface area (Å²) in [7, 11) is 0. The first-order chi connectivity index (χ1) is 14.2. The maximum absolute atomic E-state index is 13.8.